The fourth-order valence-electron chi connectivity index (χ4n) is 3.45. The van der Waals surface area contributed by atoms with Gasteiger partial charge in [-0.2, -0.15) is 0 Å². The molecule has 124 valence electrons. The summed E-state index contributed by atoms with van der Waals surface area (Å²) in [5, 5.41) is 0.514. The van der Waals surface area contributed by atoms with Crippen LogP contribution in [0.2, 0.25) is 5.02 Å². The highest BCUT2D eigenvalue weighted by atomic mass is 35.5. The maximum atomic E-state index is 12.7. The van der Waals surface area contributed by atoms with Crippen molar-refractivity contribution in [1.82, 2.24) is 4.90 Å². The minimum atomic E-state index is -0.216. The van der Waals surface area contributed by atoms with Gasteiger partial charge in [-0.15, -0.1) is 0 Å². The van der Waals surface area contributed by atoms with E-state index in [-0.39, 0.29) is 25.0 Å². The quantitative estimate of drug-likeness (QED) is 0.834. The Morgan fingerprint density at radius 2 is 2.00 bits per heavy atom. The van der Waals surface area contributed by atoms with Crippen LogP contribution in [0.4, 0.5) is 5.69 Å². The highest BCUT2D eigenvalue weighted by Crippen LogP contribution is 2.34. The van der Waals surface area contributed by atoms with Gasteiger partial charge in [0.05, 0.1) is 5.69 Å². The molecule has 2 aliphatic rings. The number of halogens is 1. The van der Waals surface area contributed by atoms with E-state index in [1.807, 2.05) is 4.90 Å². The predicted molar refractivity (Wildman–Crippen MR) is 88.8 cm³/mol. The fourth-order valence-corrected chi connectivity index (χ4v) is 3.62. The lowest BCUT2D eigenvalue weighted by Gasteiger charge is -2.37. The molecule has 1 fully saturated rings. The molecule has 2 amide bonds. The molecule has 1 saturated heterocycles. The largest absolute Gasteiger partial charge is 0.482 e. The Morgan fingerprint density at radius 1 is 1.30 bits per heavy atom. The molecule has 6 heteroatoms. The van der Waals surface area contributed by atoms with Crippen molar-refractivity contribution >= 4 is 29.1 Å². The molecule has 1 aromatic carbocycles. The number of rotatable bonds is 2. The number of benzene rings is 1. The van der Waals surface area contributed by atoms with Gasteiger partial charge in [0, 0.05) is 18.1 Å². The number of ether oxygens (including phenoxy) is 1. The number of likely N-dealkylation sites (tertiary alicyclic amines) is 1. The zero-order valence-electron chi connectivity index (χ0n) is 13.4. The Hall–Kier alpha value is -1.75. The van der Waals surface area contributed by atoms with Crippen LogP contribution in [0.1, 0.15) is 20.3 Å². The van der Waals surface area contributed by atoms with E-state index < -0.39 is 0 Å². The average molecular weight is 337 g/mol. The zero-order chi connectivity index (χ0) is 16.6. The summed E-state index contributed by atoms with van der Waals surface area (Å²) in [6.07, 6.45) is 1.14. The van der Waals surface area contributed by atoms with Gasteiger partial charge in [-0.05, 0) is 36.5 Å². The van der Waals surface area contributed by atoms with Crippen molar-refractivity contribution < 1.29 is 14.3 Å². The Balaban J connectivity index is 1.78. The molecule has 2 heterocycles. The minimum absolute atomic E-state index is 0.0235. The van der Waals surface area contributed by atoms with Crippen LogP contribution in [0, 0.1) is 11.8 Å². The van der Waals surface area contributed by atoms with Gasteiger partial charge in [-0.25, -0.2) is 0 Å². The van der Waals surface area contributed by atoms with E-state index in [2.05, 4.69) is 13.8 Å². The first-order valence-corrected chi connectivity index (χ1v) is 8.32. The van der Waals surface area contributed by atoms with Gasteiger partial charge in [-0.1, -0.05) is 25.4 Å². The zero-order valence-corrected chi connectivity index (χ0v) is 14.2. The fraction of sp³-hybridized carbons (Fsp3) is 0.529. The maximum Gasteiger partial charge on any atom is 0.265 e. The van der Waals surface area contributed by atoms with Crippen molar-refractivity contribution in [3.63, 3.8) is 0 Å². The van der Waals surface area contributed by atoms with Crippen LogP contribution in [0.25, 0.3) is 0 Å². The number of nitrogens with zero attached hydrogens (tertiary/aromatic N) is 2. The summed E-state index contributed by atoms with van der Waals surface area (Å²) in [6.45, 7) is 5.81. The van der Waals surface area contributed by atoms with E-state index >= 15 is 0 Å². The van der Waals surface area contributed by atoms with E-state index in [9.17, 15) is 9.59 Å². The molecule has 3 rings (SSSR count). The van der Waals surface area contributed by atoms with E-state index in [0.29, 0.717) is 28.3 Å². The second-order valence-electron chi connectivity index (χ2n) is 6.63. The number of hydrogen-bond donors (Lipinski definition) is 0. The molecule has 5 nitrogen and oxygen atoms in total. The van der Waals surface area contributed by atoms with Crippen LogP contribution in [0.3, 0.4) is 0 Å². The van der Waals surface area contributed by atoms with E-state index in [1.54, 1.807) is 18.2 Å². The van der Waals surface area contributed by atoms with Crippen LogP contribution in [-0.4, -0.2) is 43.0 Å². The molecule has 0 aromatic heterocycles. The highest BCUT2D eigenvalue weighted by molar-refractivity contribution is 6.31. The van der Waals surface area contributed by atoms with Gasteiger partial charge >= 0.3 is 0 Å². The maximum absolute atomic E-state index is 12.7. The van der Waals surface area contributed by atoms with Crippen molar-refractivity contribution in [2.45, 2.75) is 20.3 Å². The number of fused-ring (bicyclic) bond motifs is 1. The summed E-state index contributed by atoms with van der Waals surface area (Å²) in [4.78, 5) is 28.2. The molecule has 2 aliphatic heterocycles. The number of piperidine rings is 1. The van der Waals surface area contributed by atoms with Crippen molar-refractivity contribution in [1.29, 1.82) is 0 Å². The Kier molecular flexibility index (Phi) is 4.48. The second kappa shape index (κ2) is 6.40. The topological polar surface area (TPSA) is 49.9 Å². The van der Waals surface area contributed by atoms with Gasteiger partial charge in [0.15, 0.2) is 6.61 Å². The number of anilines is 1. The molecular weight excluding hydrogens is 316 g/mol. The van der Waals surface area contributed by atoms with Crippen molar-refractivity contribution in [2.75, 3.05) is 31.1 Å². The Morgan fingerprint density at radius 3 is 2.70 bits per heavy atom. The molecule has 0 aliphatic carbocycles. The number of carbonyl (C=O) groups excluding carboxylic acids is 2. The summed E-state index contributed by atoms with van der Waals surface area (Å²) in [7, 11) is 0. The third-order valence-electron chi connectivity index (χ3n) is 4.38. The van der Waals surface area contributed by atoms with Crippen LogP contribution in [0.5, 0.6) is 5.75 Å². The lowest BCUT2D eigenvalue weighted by molar-refractivity contribution is -0.134. The van der Waals surface area contributed by atoms with Gasteiger partial charge in [0.2, 0.25) is 5.91 Å². The van der Waals surface area contributed by atoms with Crippen LogP contribution >= 0.6 is 11.6 Å². The first kappa shape index (κ1) is 16.1. The minimum Gasteiger partial charge on any atom is -0.482 e. The summed E-state index contributed by atoms with van der Waals surface area (Å²) < 4.78 is 5.41. The standard InChI is InChI=1S/C17H21ClN2O3/c1-11-5-12(2)8-19(7-11)16(21)9-20-14-6-13(18)3-4-15(14)23-10-17(20)22/h3-4,6,11-12H,5,7-10H2,1-2H3/t11-,12-/m0/s1. The molecule has 2 atom stereocenters. The summed E-state index contributed by atoms with van der Waals surface area (Å²) in [6, 6.07) is 5.11. The van der Waals surface area contributed by atoms with Gasteiger partial charge in [0.1, 0.15) is 12.3 Å². The molecular formula is C17H21ClN2O3. The number of hydrogen-bond acceptors (Lipinski definition) is 3. The first-order valence-electron chi connectivity index (χ1n) is 7.94. The Bertz CT molecular complexity index is 624. The van der Waals surface area contributed by atoms with Crippen molar-refractivity contribution in [3.05, 3.63) is 23.2 Å². The van der Waals surface area contributed by atoms with Gasteiger partial charge in [0.25, 0.3) is 5.91 Å². The normalized spacial score (nSPS) is 24.2. The van der Waals surface area contributed by atoms with E-state index in [4.69, 9.17) is 16.3 Å². The number of carbonyl (C=O) groups is 2. The molecule has 0 N–H and O–H groups in total. The summed E-state index contributed by atoms with van der Waals surface area (Å²) >= 11 is 6.02. The van der Waals surface area contributed by atoms with E-state index in [1.165, 1.54) is 4.90 Å². The second-order valence-corrected chi connectivity index (χ2v) is 7.06. The van der Waals surface area contributed by atoms with Crippen LogP contribution < -0.4 is 9.64 Å². The molecule has 0 spiro atoms. The number of amides is 2. The smallest absolute Gasteiger partial charge is 0.265 e. The van der Waals surface area contributed by atoms with Crippen molar-refractivity contribution in [3.8, 4) is 5.75 Å². The predicted octanol–water partition coefficient (Wildman–Crippen LogP) is 2.57. The third kappa shape index (κ3) is 3.44. The molecule has 0 radical (unpaired) electrons. The molecule has 1 aromatic rings. The first-order chi connectivity index (χ1) is 10.9. The monoisotopic (exact) mass is 336 g/mol. The van der Waals surface area contributed by atoms with Crippen LogP contribution in [-0.2, 0) is 9.59 Å². The summed E-state index contributed by atoms with van der Waals surface area (Å²) in [5.74, 6) is 1.33. The highest BCUT2D eigenvalue weighted by Gasteiger charge is 2.31. The molecule has 0 bridgehead atoms. The third-order valence-corrected chi connectivity index (χ3v) is 4.61. The molecule has 0 unspecified atom stereocenters. The molecule has 0 saturated carbocycles. The van der Waals surface area contributed by atoms with Crippen LogP contribution in [0.15, 0.2) is 18.2 Å². The SMILES string of the molecule is C[C@H]1C[C@H](C)CN(C(=O)CN2C(=O)COc3ccc(Cl)cc32)C1. The Labute approximate surface area is 141 Å². The van der Waals surface area contributed by atoms with E-state index in [0.717, 1.165) is 19.5 Å². The van der Waals surface area contributed by atoms with Gasteiger partial charge < -0.3 is 9.64 Å². The molecule has 23 heavy (non-hydrogen) atoms. The lowest BCUT2D eigenvalue weighted by Crippen LogP contribution is -2.50. The van der Waals surface area contributed by atoms with Gasteiger partial charge in [-0.3, -0.25) is 14.5 Å². The summed E-state index contributed by atoms with van der Waals surface area (Å²) in [5.41, 5.74) is 0.570. The van der Waals surface area contributed by atoms with Crippen molar-refractivity contribution in [2.24, 2.45) is 11.8 Å². The lowest BCUT2D eigenvalue weighted by atomic mass is 9.92. The average Bonchev–Trinajstić information content (AvgIpc) is 2.49.